The molecule has 0 aromatic carbocycles. The molecule has 1 unspecified atom stereocenters. The minimum atomic E-state index is -0.276. The third kappa shape index (κ3) is 3.02. The molecule has 1 atom stereocenters. The molecule has 6 heteroatoms. The highest BCUT2D eigenvalue weighted by atomic mass is 32.1. The SMILES string of the molecule is O=CC1(CN2CCN(c3nccs3)CC2)CCCOC1. The molecule has 2 fully saturated rings. The molecule has 0 radical (unpaired) electrons. The van der Waals surface area contributed by atoms with E-state index in [4.69, 9.17) is 4.74 Å². The maximum absolute atomic E-state index is 11.5. The Labute approximate surface area is 123 Å². The van der Waals surface area contributed by atoms with Gasteiger partial charge in [-0.15, -0.1) is 11.3 Å². The first kappa shape index (κ1) is 14.0. The third-order valence-corrected chi connectivity index (χ3v) is 5.04. The molecule has 0 N–H and O–H groups in total. The summed E-state index contributed by atoms with van der Waals surface area (Å²) in [4.78, 5) is 20.6. The number of rotatable bonds is 4. The number of carbonyl (C=O) groups is 1. The van der Waals surface area contributed by atoms with Gasteiger partial charge in [0.15, 0.2) is 5.13 Å². The van der Waals surface area contributed by atoms with Crippen LogP contribution < -0.4 is 4.90 Å². The van der Waals surface area contributed by atoms with Crippen molar-refractivity contribution in [3.05, 3.63) is 11.6 Å². The number of aromatic nitrogens is 1. The molecule has 2 saturated heterocycles. The Balaban J connectivity index is 1.54. The van der Waals surface area contributed by atoms with Crippen LogP contribution in [-0.4, -0.2) is 62.1 Å². The lowest BCUT2D eigenvalue weighted by Crippen LogP contribution is -2.52. The van der Waals surface area contributed by atoms with Gasteiger partial charge in [0.1, 0.15) is 6.29 Å². The summed E-state index contributed by atoms with van der Waals surface area (Å²) in [6.07, 6.45) is 4.94. The molecule has 2 aliphatic rings. The smallest absolute Gasteiger partial charge is 0.185 e. The van der Waals surface area contributed by atoms with Gasteiger partial charge < -0.3 is 14.4 Å². The number of ether oxygens (including phenoxy) is 1. The lowest BCUT2D eigenvalue weighted by molar-refractivity contribution is -0.125. The molecule has 3 heterocycles. The molecule has 3 rings (SSSR count). The van der Waals surface area contributed by atoms with Crippen LogP contribution in [0.5, 0.6) is 0 Å². The lowest BCUT2D eigenvalue weighted by Gasteiger charge is -2.40. The fraction of sp³-hybridized carbons (Fsp3) is 0.714. The second kappa shape index (κ2) is 6.20. The van der Waals surface area contributed by atoms with E-state index in [-0.39, 0.29) is 5.41 Å². The van der Waals surface area contributed by atoms with Crippen LogP contribution in [0.2, 0.25) is 0 Å². The lowest BCUT2D eigenvalue weighted by atomic mass is 9.83. The largest absolute Gasteiger partial charge is 0.380 e. The molecule has 2 aliphatic heterocycles. The average Bonchev–Trinajstić information content (AvgIpc) is 3.03. The van der Waals surface area contributed by atoms with Crippen molar-refractivity contribution in [1.29, 1.82) is 0 Å². The Bertz CT molecular complexity index is 424. The predicted octanol–water partition coefficient (Wildman–Crippen LogP) is 1.26. The van der Waals surface area contributed by atoms with Crippen LogP contribution in [0.25, 0.3) is 0 Å². The van der Waals surface area contributed by atoms with Gasteiger partial charge in [0.25, 0.3) is 0 Å². The van der Waals surface area contributed by atoms with E-state index in [1.807, 2.05) is 11.6 Å². The van der Waals surface area contributed by atoms with Gasteiger partial charge in [0.05, 0.1) is 12.0 Å². The zero-order valence-corrected chi connectivity index (χ0v) is 12.5. The van der Waals surface area contributed by atoms with Crippen molar-refractivity contribution in [2.75, 3.05) is 50.8 Å². The van der Waals surface area contributed by atoms with E-state index in [0.717, 1.165) is 63.6 Å². The summed E-state index contributed by atoms with van der Waals surface area (Å²) in [5, 5.41) is 3.12. The summed E-state index contributed by atoms with van der Waals surface area (Å²) in [5.74, 6) is 0. The number of piperazine rings is 1. The van der Waals surface area contributed by atoms with Gasteiger partial charge >= 0.3 is 0 Å². The molecule has 0 bridgehead atoms. The normalized spacial score (nSPS) is 28.5. The van der Waals surface area contributed by atoms with Crippen molar-refractivity contribution in [3.8, 4) is 0 Å². The van der Waals surface area contributed by atoms with Crippen molar-refractivity contribution < 1.29 is 9.53 Å². The molecule has 0 spiro atoms. The minimum absolute atomic E-state index is 0.276. The van der Waals surface area contributed by atoms with Crippen molar-refractivity contribution in [2.45, 2.75) is 12.8 Å². The number of nitrogens with zero attached hydrogens (tertiary/aromatic N) is 3. The number of carbonyl (C=O) groups excluding carboxylic acids is 1. The van der Waals surface area contributed by atoms with E-state index in [0.29, 0.717) is 6.61 Å². The van der Waals surface area contributed by atoms with Gasteiger partial charge in [-0.25, -0.2) is 4.98 Å². The topological polar surface area (TPSA) is 45.7 Å². The summed E-state index contributed by atoms with van der Waals surface area (Å²) in [7, 11) is 0. The van der Waals surface area contributed by atoms with Gasteiger partial charge in [0.2, 0.25) is 0 Å². The first-order chi connectivity index (χ1) is 9.81. The Kier molecular flexibility index (Phi) is 4.33. The van der Waals surface area contributed by atoms with E-state index in [1.165, 1.54) is 0 Å². The third-order valence-electron chi connectivity index (χ3n) is 4.20. The first-order valence-electron chi connectivity index (χ1n) is 7.22. The van der Waals surface area contributed by atoms with Gasteiger partial charge in [-0.05, 0) is 12.8 Å². The Morgan fingerprint density at radius 1 is 1.40 bits per heavy atom. The van der Waals surface area contributed by atoms with Crippen LogP contribution >= 0.6 is 11.3 Å². The van der Waals surface area contributed by atoms with E-state index in [1.54, 1.807) is 11.3 Å². The van der Waals surface area contributed by atoms with Crippen LogP contribution in [0.4, 0.5) is 5.13 Å². The minimum Gasteiger partial charge on any atom is -0.380 e. The second-order valence-electron chi connectivity index (χ2n) is 5.71. The van der Waals surface area contributed by atoms with Gasteiger partial charge in [0, 0.05) is 50.9 Å². The fourth-order valence-corrected chi connectivity index (χ4v) is 3.74. The van der Waals surface area contributed by atoms with Crippen LogP contribution in [-0.2, 0) is 9.53 Å². The highest BCUT2D eigenvalue weighted by Gasteiger charge is 2.35. The van der Waals surface area contributed by atoms with E-state index in [2.05, 4.69) is 14.8 Å². The van der Waals surface area contributed by atoms with Crippen molar-refractivity contribution >= 4 is 22.8 Å². The first-order valence-corrected chi connectivity index (χ1v) is 8.10. The summed E-state index contributed by atoms with van der Waals surface area (Å²) in [6, 6.07) is 0. The highest BCUT2D eigenvalue weighted by molar-refractivity contribution is 7.13. The zero-order chi connectivity index (χ0) is 13.8. The summed E-state index contributed by atoms with van der Waals surface area (Å²) in [6.45, 7) is 6.19. The van der Waals surface area contributed by atoms with Gasteiger partial charge in [-0.3, -0.25) is 4.90 Å². The molecule has 20 heavy (non-hydrogen) atoms. The van der Waals surface area contributed by atoms with Crippen LogP contribution in [0.1, 0.15) is 12.8 Å². The molecule has 1 aromatic heterocycles. The quantitative estimate of drug-likeness (QED) is 0.783. The van der Waals surface area contributed by atoms with Crippen molar-refractivity contribution in [3.63, 3.8) is 0 Å². The summed E-state index contributed by atoms with van der Waals surface area (Å²) in [5.41, 5.74) is -0.276. The average molecular weight is 295 g/mol. The fourth-order valence-electron chi connectivity index (χ4n) is 3.04. The van der Waals surface area contributed by atoms with Gasteiger partial charge in [-0.2, -0.15) is 0 Å². The molecule has 0 amide bonds. The highest BCUT2D eigenvalue weighted by Crippen LogP contribution is 2.28. The van der Waals surface area contributed by atoms with Gasteiger partial charge in [-0.1, -0.05) is 0 Å². The number of hydrogen-bond donors (Lipinski definition) is 0. The van der Waals surface area contributed by atoms with E-state index in [9.17, 15) is 4.79 Å². The molecular weight excluding hydrogens is 274 g/mol. The number of thiazole rings is 1. The van der Waals surface area contributed by atoms with Crippen LogP contribution in [0, 0.1) is 5.41 Å². The van der Waals surface area contributed by atoms with Crippen LogP contribution in [0.3, 0.4) is 0 Å². The molecule has 110 valence electrons. The van der Waals surface area contributed by atoms with Crippen molar-refractivity contribution in [1.82, 2.24) is 9.88 Å². The summed E-state index contributed by atoms with van der Waals surface area (Å²) < 4.78 is 5.52. The molecule has 1 aromatic rings. The monoisotopic (exact) mass is 295 g/mol. The molecule has 0 saturated carbocycles. The molecule has 0 aliphatic carbocycles. The molecular formula is C14H21N3O2S. The summed E-state index contributed by atoms with van der Waals surface area (Å²) >= 11 is 1.69. The maximum Gasteiger partial charge on any atom is 0.185 e. The van der Waals surface area contributed by atoms with Crippen molar-refractivity contribution in [2.24, 2.45) is 5.41 Å². The van der Waals surface area contributed by atoms with E-state index < -0.39 is 0 Å². The second-order valence-corrected chi connectivity index (χ2v) is 6.59. The molecule has 5 nitrogen and oxygen atoms in total. The Hall–Kier alpha value is -0.980. The Morgan fingerprint density at radius 3 is 2.85 bits per heavy atom. The van der Waals surface area contributed by atoms with E-state index >= 15 is 0 Å². The number of anilines is 1. The Morgan fingerprint density at radius 2 is 2.25 bits per heavy atom. The number of hydrogen-bond acceptors (Lipinski definition) is 6. The zero-order valence-electron chi connectivity index (χ0n) is 11.7. The maximum atomic E-state index is 11.5. The standard InChI is InChI=1S/C14H21N3O2S/c18-11-14(2-1-8-19-12-14)10-16-4-6-17(7-5-16)13-15-3-9-20-13/h3,9,11H,1-2,4-8,10,12H2. The predicted molar refractivity (Wildman–Crippen MR) is 79.3 cm³/mol. The van der Waals surface area contributed by atoms with Crippen LogP contribution in [0.15, 0.2) is 11.6 Å². The number of aldehydes is 1.